The van der Waals surface area contributed by atoms with E-state index in [9.17, 15) is 9.90 Å². The van der Waals surface area contributed by atoms with Gasteiger partial charge in [0.25, 0.3) is 0 Å². The van der Waals surface area contributed by atoms with Gasteiger partial charge in [0.15, 0.2) is 0 Å². The first-order valence-electron chi connectivity index (χ1n) is 12.5. The third-order valence-electron chi connectivity index (χ3n) is 8.21. The molecule has 6 heteroatoms. The number of rotatable bonds is 3. The Labute approximate surface area is 205 Å². The summed E-state index contributed by atoms with van der Waals surface area (Å²) < 4.78 is 8.28. The minimum atomic E-state index is -0.114. The number of aromatic hydroxyl groups is 1. The second-order valence-corrected chi connectivity index (χ2v) is 11.9. The van der Waals surface area contributed by atoms with Crippen LogP contribution in [-0.4, -0.2) is 32.1 Å². The molecule has 0 spiro atoms. The first kappa shape index (κ1) is 22.4. The van der Waals surface area contributed by atoms with Gasteiger partial charge in [-0.3, -0.25) is 9.69 Å². The normalized spacial score (nSPS) is 24.0. The quantitative estimate of drug-likeness (QED) is 0.411. The number of fused-ring (bicyclic) bond motifs is 4. The van der Waals surface area contributed by atoms with Crippen LogP contribution in [0.2, 0.25) is 0 Å². The van der Waals surface area contributed by atoms with Gasteiger partial charge in [-0.05, 0) is 61.3 Å². The molecule has 2 fully saturated rings. The predicted molar refractivity (Wildman–Crippen MR) is 139 cm³/mol. The van der Waals surface area contributed by atoms with Gasteiger partial charge in [0, 0.05) is 26.2 Å². The van der Waals surface area contributed by atoms with E-state index in [2.05, 4.69) is 25.7 Å². The highest BCUT2D eigenvalue weighted by Crippen LogP contribution is 2.53. The molecule has 3 heterocycles. The van der Waals surface area contributed by atoms with E-state index < -0.39 is 0 Å². The Balaban J connectivity index is 1.46. The summed E-state index contributed by atoms with van der Waals surface area (Å²) in [5, 5.41) is 11.4. The van der Waals surface area contributed by atoms with Gasteiger partial charge >= 0.3 is 0 Å². The molecule has 6 rings (SSSR count). The first-order valence-corrected chi connectivity index (χ1v) is 12.5. The lowest BCUT2D eigenvalue weighted by molar-refractivity contribution is 0.126. The molecule has 2 bridgehead atoms. The smallest absolute Gasteiger partial charge is 0.203 e. The lowest BCUT2D eigenvalue weighted by atomic mass is 9.65. The van der Waals surface area contributed by atoms with E-state index in [0.717, 1.165) is 24.0 Å². The Morgan fingerprint density at radius 3 is 2.69 bits per heavy atom. The average Bonchev–Trinajstić information content (AvgIpc) is 3.22. The van der Waals surface area contributed by atoms with E-state index in [4.69, 9.17) is 9.40 Å². The highest BCUT2D eigenvalue weighted by molar-refractivity contribution is 5.87. The largest absolute Gasteiger partial charge is 0.507 e. The molecule has 2 aromatic carbocycles. The second kappa shape index (κ2) is 7.44. The molecule has 0 radical (unpaired) electrons. The zero-order valence-corrected chi connectivity index (χ0v) is 21.2. The van der Waals surface area contributed by atoms with Crippen molar-refractivity contribution in [3.05, 3.63) is 57.9 Å². The Bertz CT molecular complexity index is 1550. The van der Waals surface area contributed by atoms with Crippen LogP contribution < -0.4 is 5.43 Å². The number of para-hydroxylation sites is 2. The molecule has 1 saturated carbocycles. The van der Waals surface area contributed by atoms with Crippen molar-refractivity contribution in [3.8, 4) is 17.1 Å². The van der Waals surface area contributed by atoms with E-state index in [-0.39, 0.29) is 16.6 Å². The van der Waals surface area contributed by atoms with Gasteiger partial charge in [0.2, 0.25) is 5.43 Å². The van der Waals surface area contributed by atoms with Crippen molar-refractivity contribution < 1.29 is 9.52 Å². The number of phenols is 1. The van der Waals surface area contributed by atoms with Gasteiger partial charge in [-0.1, -0.05) is 32.9 Å². The molecule has 0 amide bonds. The van der Waals surface area contributed by atoms with Gasteiger partial charge in [-0.2, -0.15) is 0 Å². The highest BCUT2D eigenvalue weighted by atomic mass is 16.3. The molecule has 2 atom stereocenters. The minimum Gasteiger partial charge on any atom is -0.507 e. The number of aryl methyl sites for hydroxylation is 2. The van der Waals surface area contributed by atoms with Gasteiger partial charge in [-0.15, -0.1) is 0 Å². The number of nitrogens with zero attached hydrogens (tertiary/aromatic N) is 3. The molecule has 1 aliphatic carbocycles. The van der Waals surface area contributed by atoms with Crippen LogP contribution in [0, 0.1) is 17.8 Å². The number of hydrogen-bond acceptors (Lipinski definition) is 5. The van der Waals surface area contributed by atoms with Crippen LogP contribution in [0.3, 0.4) is 0 Å². The maximum absolute atomic E-state index is 13.8. The third-order valence-corrected chi connectivity index (χ3v) is 8.21. The van der Waals surface area contributed by atoms with Crippen LogP contribution in [0.15, 0.2) is 45.6 Å². The molecule has 35 heavy (non-hydrogen) atoms. The van der Waals surface area contributed by atoms with Crippen molar-refractivity contribution in [1.29, 1.82) is 0 Å². The fourth-order valence-corrected chi connectivity index (χ4v) is 7.16. The van der Waals surface area contributed by atoms with Crippen molar-refractivity contribution in [2.75, 3.05) is 6.54 Å². The van der Waals surface area contributed by atoms with E-state index in [0.29, 0.717) is 51.7 Å². The fourth-order valence-electron chi connectivity index (χ4n) is 7.16. The molecule has 1 N–H and O–H groups in total. The molecule has 2 aromatic heterocycles. The van der Waals surface area contributed by atoms with E-state index in [1.807, 2.05) is 42.8 Å². The monoisotopic (exact) mass is 471 g/mol. The zero-order valence-electron chi connectivity index (χ0n) is 21.2. The van der Waals surface area contributed by atoms with E-state index >= 15 is 0 Å². The van der Waals surface area contributed by atoms with Gasteiger partial charge in [-0.25, -0.2) is 4.98 Å². The van der Waals surface area contributed by atoms with E-state index in [1.54, 1.807) is 12.1 Å². The second-order valence-electron chi connectivity index (χ2n) is 11.9. The molecular formula is C29H33N3O3. The molecule has 0 unspecified atom stereocenters. The van der Waals surface area contributed by atoms with Crippen molar-refractivity contribution >= 4 is 22.0 Å². The molecule has 1 saturated heterocycles. The van der Waals surface area contributed by atoms with Crippen LogP contribution in [0.4, 0.5) is 0 Å². The lowest BCUT2D eigenvalue weighted by Gasteiger charge is -2.40. The van der Waals surface area contributed by atoms with Crippen LogP contribution in [0.5, 0.6) is 5.75 Å². The van der Waals surface area contributed by atoms with Gasteiger partial charge < -0.3 is 14.1 Å². The van der Waals surface area contributed by atoms with Crippen LogP contribution in [0.25, 0.3) is 33.4 Å². The molecule has 2 aliphatic rings. The van der Waals surface area contributed by atoms with Gasteiger partial charge in [0.1, 0.15) is 28.5 Å². The topological polar surface area (TPSA) is 71.5 Å². The Morgan fingerprint density at radius 1 is 1.14 bits per heavy atom. The standard InChI is InChI=1S/C29H33N3O3/c1-17-24(27-30-21-8-6-7-9-22(21)31(27)5)25(34)19-10-11-23(33)20(26(19)35-17)14-32-16-29(4)13-18(32)12-28(2,3)15-29/h6-11,18,33H,12-16H2,1-5H3/t18-,29-/m1/s1. The number of imidazole rings is 1. The summed E-state index contributed by atoms with van der Waals surface area (Å²) in [6.45, 7) is 10.5. The molecule has 4 aromatic rings. The number of likely N-dealkylation sites (tertiary alicyclic amines) is 1. The minimum absolute atomic E-state index is 0.114. The van der Waals surface area contributed by atoms with Crippen LogP contribution in [0.1, 0.15) is 51.4 Å². The summed E-state index contributed by atoms with van der Waals surface area (Å²) in [4.78, 5) is 21.0. The summed E-state index contributed by atoms with van der Waals surface area (Å²) in [5.74, 6) is 1.29. The average molecular weight is 472 g/mol. The lowest BCUT2D eigenvalue weighted by Crippen LogP contribution is -2.34. The molecular weight excluding hydrogens is 438 g/mol. The Kier molecular flexibility index (Phi) is 4.75. The fraction of sp³-hybridized carbons (Fsp3) is 0.448. The predicted octanol–water partition coefficient (Wildman–Crippen LogP) is 5.76. The third kappa shape index (κ3) is 3.49. The van der Waals surface area contributed by atoms with Crippen molar-refractivity contribution in [2.24, 2.45) is 17.9 Å². The zero-order chi connectivity index (χ0) is 24.7. The summed E-state index contributed by atoms with van der Waals surface area (Å²) in [5.41, 5.74) is 3.95. The highest BCUT2D eigenvalue weighted by Gasteiger charge is 2.49. The summed E-state index contributed by atoms with van der Waals surface area (Å²) >= 11 is 0. The van der Waals surface area contributed by atoms with Crippen molar-refractivity contribution in [2.45, 2.75) is 59.5 Å². The molecule has 182 valence electrons. The first-order chi connectivity index (χ1) is 16.6. The number of phenolic OH excluding ortho intramolecular Hbond substituents is 1. The van der Waals surface area contributed by atoms with Crippen molar-refractivity contribution in [3.63, 3.8) is 0 Å². The summed E-state index contributed by atoms with van der Waals surface area (Å²) in [6, 6.07) is 11.6. The van der Waals surface area contributed by atoms with E-state index in [1.165, 1.54) is 12.8 Å². The molecule has 1 aliphatic heterocycles. The summed E-state index contributed by atoms with van der Waals surface area (Å²) in [7, 11) is 1.92. The Morgan fingerprint density at radius 2 is 1.91 bits per heavy atom. The Hall–Kier alpha value is -3.12. The number of aromatic nitrogens is 2. The molecule has 6 nitrogen and oxygen atoms in total. The maximum Gasteiger partial charge on any atom is 0.203 e. The number of benzene rings is 2. The van der Waals surface area contributed by atoms with Crippen LogP contribution >= 0.6 is 0 Å². The number of hydrogen-bond donors (Lipinski definition) is 1. The summed E-state index contributed by atoms with van der Waals surface area (Å²) in [6.07, 6.45) is 3.54. The van der Waals surface area contributed by atoms with Crippen LogP contribution in [-0.2, 0) is 13.6 Å². The van der Waals surface area contributed by atoms with Crippen molar-refractivity contribution in [1.82, 2.24) is 14.5 Å². The maximum atomic E-state index is 13.8. The SMILES string of the molecule is Cc1oc2c(CN3C[C@]4(C)C[C@H]3CC(C)(C)C4)c(O)ccc2c(=O)c1-c1nc2ccccc2n1C. The van der Waals surface area contributed by atoms with Gasteiger partial charge in [0.05, 0.1) is 22.0 Å².